The predicted octanol–water partition coefficient (Wildman–Crippen LogP) is 2.58. The van der Waals surface area contributed by atoms with E-state index in [-0.39, 0.29) is 6.04 Å². The molecule has 1 aromatic carbocycles. The summed E-state index contributed by atoms with van der Waals surface area (Å²) in [6.07, 6.45) is 1.72. The van der Waals surface area contributed by atoms with Gasteiger partial charge in [-0.05, 0) is 37.9 Å². The lowest BCUT2D eigenvalue weighted by Gasteiger charge is -2.26. The van der Waals surface area contributed by atoms with Crippen molar-refractivity contribution >= 4 is 5.91 Å². The van der Waals surface area contributed by atoms with Crippen LogP contribution in [0.5, 0.6) is 0 Å². The van der Waals surface area contributed by atoms with Gasteiger partial charge in [0.2, 0.25) is 5.91 Å². The third-order valence-corrected chi connectivity index (χ3v) is 3.84. The Morgan fingerprint density at radius 1 is 1.37 bits per heavy atom. The molecule has 1 saturated heterocycles. The number of amides is 1. The van der Waals surface area contributed by atoms with E-state index in [4.69, 9.17) is 0 Å². The second kappa shape index (κ2) is 6.20. The number of aryl methyl sites for hydroxylation is 2. The number of likely N-dealkylation sites (N-methyl/N-ethyl adjacent to an activating group) is 1. The molecular formula is C16H24N2O. The van der Waals surface area contributed by atoms with Crippen molar-refractivity contribution in [2.45, 2.75) is 39.7 Å². The fourth-order valence-corrected chi connectivity index (χ4v) is 2.77. The Labute approximate surface area is 116 Å². The van der Waals surface area contributed by atoms with Crippen LogP contribution in [0.2, 0.25) is 0 Å². The van der Waals surface area contributed by atoms with Crippen LogP contribution in [0.4, 0.5) is 0 Å². The summed E-state index contributed by atoms with van der Waals surface area (Å²) in [7, 11) is 0. The molecule has 3 heteroatoms. The van der Waals surface area contributed by atoms with Gasteiger partial charge < -0.3 is 10.2 Å². The summed E-state index contributed by atoms with van der Waals surface area (Å²) in [5.74, 6) is 0.299. The molecule has 0 radical (unpaired) electrons. The molecule has 104 valence electrons. The summed E-state index contributed by atoms with van der Waals surface area (Å²) in [5.41, 5.74) is 3.89. The highest BCUT2D eigenvalue weighted by atomic mass is 16.2. The van der Waals surface area contributed by atoms with Crippen molar-refractivity contribution in [3.8, 4) is 0 Å². The SMILES string of the molecule is CCNC(CN1CCCC1=O)c1cc(C)ccc1C. The molecule has 1 N–H and O–H groups in total. The van der Waals surface area contributed by atoms with Crippen molar-refractivity contribution in [2.75, 3.05) is 19.6 Å². The minimum absolute atomic E-state index is 0.243. The van der Waals surface area contributed by atoms with Gasteiger partial charge in [-0.2, -0.15) is 0 Å². The van der Waals surface area contributed by atoms with Gasteiger partial charge >= 0.3 is 0 Å². The van der Waals surface area contributed by atoms with Gasteiger partial charge in [0.25, 0.3) is 0 Å². The topological polar surface area (TPSA) is 32.3 Å². The van der Waals surface area contributed by atoms with Crippen molar-refractivity contribution in [3.63, 3.8) is 0 Å². The number of carbonyl (C=O) groups excluding carboxylic acids is 1. The van der Waals surface area contributed by atoms with Gasteiger partial charge in [0, 0.05) is 19.5 Å². The standard InChI is InChI=1S/C16H24N2O/c1-4-17-15(11-18-9-5-6-16(18)19)14-10-12(2)7-8-13(14)3/h7-8,10,15,17H,4-6,9,11H2,1-3H3. The lowest BCUT2D eigenvalue weighted by molar-refractivity contribution is -0.128. The minimum atomic E-state index is 0.243. The van der Waals surface area contributed by atoms with Crippen molar-refractivity contribution in [1.29, 1.82) is 0 Å². The smallest absolute Gasteiger partial charge is 0.222 e. The van der Waals surface area contributed by atoms with Gasteiger partial charge in [-0.1, -0.05) is 30.7 Å². The van der Waals surface area contributed by atoms with Gasteiger partial charge in [0.15, 0.2) is 0 Å². The average molecular weight is 260 g/mol. The largest absolute Gasteiger partial charge is 0.341 e. The van der Waals surface area contributed by atoms with E-state index in [2.05, 4.69) is 44.3 Å². The van der Waals surface area contributed by atoms with Gasteiger partial charge in [-0.25, -0.2) is 0 Å². The molecular weight excluding hydrogens is 236 g/mol. The van der Waals surface area contributed by atoms with E-state index in [1.54, 1.807) is 0 Å². The summed E-state index contributed by atoms with van der Waals surface area (Å²) in [5, 5.41) is 3.52. The Morgan fingerprint density at radius 2 is 2.16 bits per heavy atom. The normalized spacial score (nSPS) is 17.0. The molecule has 1 aliphatic rings. The van der Waals surface area contributed by atoms with Crippen LogP contribution < -0.4 is 5.32 Å². The number of benzene rings is 1. The Morgan fingerprint density at radius 3 is 2.79 bits per heavy atom. The highest BCUT2D eigenvalue weighted by molar-refractivity contribution is 5.78. The second-order valence-electron chi connectivity index (χ2n) is 5.41. The molecule has 3 nitrogen and oxygen atoms in total. The second-order valence-corrected chi connectivity index (χ2v) is 5.41. The van der Waals surface area contributed by atoms with E-state index in [1.807, 2.05) is 4.90 Å². The van der Waals surface area contributed by atoms with Crippen LogP contribution in [-0.4, -0.2) is 30.4 Å². The van der Waals surface area contributed by atoms with Crippen LogP contribution in [0, 0.1) is 13.8 Å². The summed E-state index contributed by atoms with van der Waals surface area (Å²) >= 11 is 0. The molecule has 19 heavy (non-hydrogen) atoms. The first-order chi connectivity index (χ1) is 9.11. The van der Waals surface area contributed by atoms with E-state index in [0.717, 1.165) is 26.1 Å². The zero-order chi connectivity index (χ0) is 13.8. The number of likely N-dealkylation sites (tertiary alicyclic amines) is 1. The first-order valence-corrected chi connectivity index (χ1v) is 7.20. The molecule has 0 aliphatic carbocycles. The van der Waals surface area contributed by atoms with Crippen molar-refractivity contribution in [3.05, 3.63) is 34.9 Å². The van der Waals surface area contributed by atoms with Crippen molar-refractivity contribution in [1.82, 2.24) is 10.2 Å². The number of carbonyl (C=O) groups is 1. The summed E-state index contributed by atoms with van der Waals surface area (Å²) in [6, 6.07) is 6.79. The van der Waals surface area contributed by atoms with E-state index >= 15 is 0 Å². The molecule has 1 fully saturated rings. The quantitative estimate of drug-likeness (QED) is 0.882. The van der Waals surface area contributed by atoms with Crippen molar-refractivity contribution in [2.24, 2.45) is 0 Å². The van der Waals surface area contributed by atoms with Crippen molar-refractivity contribution < 1.29 is 4.79 Å². The molecule has 0 bridgehead atoms. The lowest BCUT2D eigenvalue weighted by Crippen LogP contribution is -2.36. The monoisotopic (exact) mass is 260 g/mol. The minimum Gasteiger partial charge on any atom is -0.341 e. The predicted molar refractivity (Wildman–Crippen MR) is 78.1 cm³/mol. The molecule has 1 heterocycles. The van der Waals surface area contributed by atoms with Crippen LogP contribution in [0.25, 0.3) is 0 Å². The summed E-state index contributed by atoms with van der Waals surface area (Å²) in [6.45, 7) is 8.99. The third kappa shape index (κ3) is 3.35. The zero-order valence-electron chi connectivity index (χ0n) is 12.2. The maximum atomic E-state index is 11.8. The first-order valence-electron chi connectivity index (χ1n) is 7.20. The Hall–Kier alpha value is -1.35. The molecule has 0 spiro atoms. The zero-order valence-corrected chi connectivity index (χ0v) is 12.2. The number of hydrogen-bond donors (Lipinski definition) is 1. The van der Waals surface area contributed by atoms with Crippen LogP contribution in [0.1, 0.15) is 42.5 Å². The highest BCUT2D eigenvalue weighted by Crippen LogP contribution is 2.22. The van der Waals surface area contributed by atoms with Gasteiger partial charge in [0.1, 0.15) is 0 Å². The molecule has 1 amide bonds. The molecule has 2 rings (SSSR count). The third-order valence-electron chi connectivity index (χ3n) is 3.84. The lowest BCUT2D eigenvalue weighted by atomic mass is 9.98. The Kier molecular flexibility index (Phi) is 4.59. The van der Waals surface area contributed by atoms with Crippen LogP contribution >= 0.6 is 0 Å². The fraction of sp³-hybridized carbons (Fsp3) is 0.562. The van der Waals surface area contributed by atoms with Gasteiger partial charge in [-0.15, -0.1) is 0 Å². The van der Waals surface area contributed by atoms with E-state index in [9.17, 15) is 4.79 Å². The molecule has 1 atom stereocenters. The highest BCUT2D eigenvalue weighted by Gasteiger charge is 2.24. The maximum Gasteiger partial charge on any atom is 0.222 e. The van der Waals surface area contributed by atoms with E-state index in [1.165, 1.54) is 16.7 Å². The van der Waals surface area contributed by atoms with E-state index in [0.29, 0.717) is 12.3 Å². The molecule has 0 aromatic heterocycles. The first kappa shape index (κ1) is 14.1. The fourth-order valence-electron chi connectivity index (χ4n) is 2.77. The van der Waals surface area contributed by atoms with Crippen LogP contribution in [-0.2, 0) is 4.79 Å². The van der Waals surface area contributed by atoms with Crippen LogP contribution in [0.3, 0.4) is 0 Å². The number of rotatable bonds is 5. The number of nitrogens with one attached hydrogen (secondary N) is 1. The van der Waals surface area contributed by atoms with Gasteiger partial charge in [0.05, 0.1) is 6.04 Å². The number of hydrogen-bond acceptors (Lipinski definition) is 2. The Balaban J connectivity index is 2.19. The van der Waals surface area contributed by atoms with E-state index < -0.39 is 0 Å². The molecule has 1 aromatic rings. The summed E-state index contributed by atoms with van der Waals surface area (Å²) < 4.78 is 0. The number of nitrogens with zero attached hydrogens (tertiary/aromatic N) is 1. The van der Waals surface area contributed by atoms with Gasteiger partial charge in [-0.3, -0.25) is 4.79 Å². The summed E-state index contributed by atoms with van der Waals surface area (Å²) in [4.78, 5) is 13.8. The van der Waals surface area contributed by atoms with Crippen LogP contribution in [0.15, 0.2) is 18.2 Å². The maximum absolute atomic E-state index is 11.8. The Bertz CT molecular complexity index is 456. The molecule has 1 aliphatic heterocycles. The molecule has 0 saturated carbocycles. The average Bonchev–Trinajstić information content (AvgIpc) is 2.78. The molecule has 1 unspecified atom stereocenters.